The summed E-state index contributed by atoms with van der Waals surface area (Å²) in [5.74, 6) is 0.441. The molecule has 0 aliphatic carbocycles. The molecule has 1 heterocycles. The maximum Gasteiger partial charge on any atom is 0.152 e. The van der Waals surface area contributed by atoms with Crippen LogP contribution >= 0.6 is 0 Å². The van der Waals surface area contributed by atoms with E-state index in [1.165, 1.54) is 0 Å². The maximum absolute atomic E-state index is 10.8. The molecule has 0 aromatic rings. The molecule has 0 saturated carbocycles. The van der Waals surface area contributed by atoms with E-state index in [-0.39, 0.29) is 17.6 Å². The Morgan fingerprint density at radius 3 is 2.56 bits per heavy atom. The summed E-state index contributed by atoms with van der Waals surface area (Å²) in [4.78, 5) is 0. The van der Waals surface area contributed by atoms with Gasteiger partial charge in [-0.3, -0.25) is 0 Å². The molecule has 0 radical (unpaired) electrons. The van der Waals surface area contributed by atoms with Gasteiger partial charge in [0.15, 0.2) is 9.84 Å². The molecule has 0 amide bonds. The largest absolute Gasteiger partial charge is 0.372 e. The molecule has 1 atom stereocenters. The number of rotatable bonds is 3. The fraction of sp³-hybridized carbons (Fsp3) is 1.00. The van der Waals surface area contributed by atoms with Crippen LogP contribution in [0, 0.1) is 0 Å². The van der Waals surface area contributed by atoms with Gasteiger partial charge in [-0.15, -0.1) is 0 Å². The Hall–Kier alpha value is -0.0900. The van der Waals surface area contributed by atoms with E-state index in [1.807, 2.05) is 0 Å². The van der Waals surface area contributed by atoms with E-state index in [0.717, 1.165) is 0 Å². The van der Waals surface area contributed by atoms with Crippen LogP contribution in [0.1, 0.15) is 6.92 Å². The molecule has 3 nitrogen and oxygen atoms in total. The Morgan fingerprint density at radius 2 is 2.22 bits per heavy atom. The highest BCUT2D eigenvalue weighted by Crippen LogP contribution is 2.11. The van der Waals surface area contributed by atoms with E-state index in [1.54, 1.807) is 6.92 Å². The van der Waals surface area contributed by atoms with Crippen molar-refractivity contribution in [2.75, 3.05) is 18.1 Å². The Kier molecular flexibility index (Phi) is 1.77. The summed E-state index contributed by atoms with van der Waals surface area (Å²) in [5.41, 5.74) is 0. The molecule has 1 saturated heterocycles. The molecule has 1 fully saturated rings. The van der Waals surface area contributed by atoms with Crippen LogP contribution in [0.25, 0.3) is 0 Å². The second-order valence-corrected chi connectivity index (χ2v) is 4.55. The van der Waals surface area contributed by atoms with Crippen molar-refractivity contribution in [3.63, 3.8) is 0 Å². The molecule has 1 aliphatic rings. The summed E-state index contributed by atoms with van der Waals surface area (Å²) in [6, 6.07) is 0. The molecule has 0 aromatic carbocycles. The van der Waals surface area contributed by atoms with Crippen LogP contribution in [-0.4, -0.2) is 32.6 Å². The third kappa shape index (κ3) is 2.32. The first-order valence-electron chi connectivity index (χ1n) is 2.96. The first kappa shape index (κ1) is 7.02. The highest BCUT2D eigenvalue weighted by atomic mass is 32.2. The van der Waals surface area contributed by atoms with Gasteiger partial charge in [-0.2, -0.15) is 0 Å². The zero-order valence-electron chi connectivity index (χ0n) is 5.33. The predicted octanol–water partition coefficient (Wildman–Crippen LogP) is -0.180. The van der Waals surface area contributed by atoms with Gasteiger partial charge in [0.1, 0.15) is 0 Å². The number of epoxide rings is 1. The van der Waals surface area contributed by atoms with Gasteiger partial charge in [-0.1, -0.05) is 6.92 Å². The van der Waals surface area contributed by atoms with Crippen molar-refractivity contribution in [3.8, 4) is 0 Å². The SMILES string of the molecule is CCS(=O)(=O)CC1CO1. The number of hydrogen-bond acceptors (Lipinski definition) is 3. The molecular weight excluding hydrogens is 140 g/mol. The lowest BCUT2D eigenvalue weighted by molar-refractivity contribution is 0.422. The second kappa shape index (κ2) is 2.27. The third-order valence-corrected chi connectivity index (χ3v) is 3.04. The van der Waals surface area contributed by atoms with Crippen molar-refractivity contribution < 1.29 is 13.2 Å². The topological polar surface area (TPSA) is 46.7 Å². The van der Waals surface area contributed by atoms with Crippen molar-refractivity contribution in [2.45, 2.75) is 13.0 Å². The van der Waals surface area contributed by atoms with Gasteiger partial charge in [-0.05, 0) is 0 Å². The van der Waals surface area contributed by atoms with Crippen LogP contribution in [-0.2, 0) is 14.6 Å². The minimum absolute atomic E-state index is 0.00921. The van der Waals surface area contributed by atoms with Crippen LogP contribution in [0.15, 0.2) is 0 Å². The summed E-state index contributed by atoms with van der Waals surface area (Å²) in [6.07, 6.45) is 0.00921. The average molecular weight is 150 g/mol. The van der Waals surface area contributed by atoms with Gasteiger partial charge < -0.3 is 4.74 Å². The summed E-state index contributed by atoms with van der Waals surface area (Å²) in [6.45, 7) is 2.27. The predicted molar refractivity (Wildman–Crippen MR) is 34.1 cm³/mol. The smallest absolute Gasteiger partial charge is 0.152 e. The number of sulfone groups is 1. The van der Waals surface area contributed by atoms with E-state index in [4.69, 9.17) is 4.74 Å². The molecule has 1 aliphatic heterocycles. The molecule has 1 rings (SSSR count). The van der Waals surface area contributed by atoms with Gasteiger partial charge in [0.05, 0.1) is 18.5 Å². The molecule has 0 spiro atoms. The Labute approximate surface area is 54.9 Å². The molecule has 0 N–H and O–H groups in total. The quantitative estimate of drug-likeness (QED) is 0.524. The number of hydrogen-bond donors (Lipinski definition) is 0. The van der Waals surface area contributed by atoms with Gasteiger partial charge in [-0.25, -0.2) is 8.42 Å². The summed E-state index contributed by atoms with van der Waals surface area (Å²) < 4.78 is 26.3. The summed E-state index contributed by atoms with van der Waals surface area (Å²) in [7, 11) is -2.78. The molecule has 4 heteroatoms. The normalized spacial score (nSPS) is 26.1. The van der Waals surface area contributed by atoms with Gasteiger partial charge in [0.25, 0.3) is 0 Å². The maximum atomic E-state index is 10.8. The highest BCUT2D eigenvalue weighted by Gasteiger charge is 2.27. The second-order valence-electron chi connectivity index (χ2n) is 2.15. The van der Waals surface area contributed by atoms with Crippen LogP contribution in [0.4, 0.5) is 0 Å². The molecule has 1 unspecified atom stereocenters. The van der Waals surface area contributed by atoms with Crippen molar-refractivity contribution in [3.05, 3.63) is 0 Å². The Bertz CT molecular complexity index is 178. The minimum Gasteiger partial charge on any atom is -0.372 e. The Balaban J connectivity index is 2.40. The van der Waals surface area contributed by atoms with Crippen LogP contribution in [0.5, 0.6) is 0 Å². The summed E-state index contributed by atoms with van der Waals surface area (Å²) in [5, 5.41) is 0. The van der Waals surface area contributed by atoms with Crippen molar-refractivity contribution in [1.29, 1.82) is 0 Å². The van der Waals surface area contributed by atoms with E-state index >= 15 is 0 Å². The lowest BCUT2D eigenvalue weighted by Gasteiger charge is -1.93. The highest BCUT2D eigenvalue weighted by molar-refractivity contribution is 7.91. The lowest BCUT2D eigenvalue weighted by atomic mass is 10.6. The first-order valence-corrected chi connectivity index (χ1v) is 4.78. The number of ether oxygens (including phenoxy) is 1. The van der Waals surface area contributed by atoms with E-state index < -0.39 is 9.84 Å². The fourth-order valence-corrected chi connectivity index (χ4v) is 1.56. The molecule has 0 bridgehead atoms. The standard InChI is InChI=1S/C5H10O3S/c1-2-9(6,7)4-5-3-8-5/h5H,2-4H2,1H3. The van der Waals surface area contributed by atoms with Crippen molar-refractivity contribution >= 4 is 9.84 Å². The third-order valence-electron chi connectivity index (χ3n) is 1.28. The van der Waals surface area contributed by atoms with Crippen LogP contribution < -0.4 is 0 Å². The Morgan fingerprint density at radius 1 is 1.67 bits per heavy atom. The molecule has 54 valence electrons. The fourth-order valence-electron chi connectivity index (χ4n) is 0.565. The minimum atomic E-state index is -2.78. The van der Waals surface area contributed by atoms with Crippen LogP contribution in [0.2, 0.25) is 0 Å². The van der Waals surface area contributed by atoms with Crippen molar-refractivity contribution in [1.82, 2.24) is 0 Å². The van der Waals surface area contributed by atoms with Gasteiger partial charge >= 0.3 is 0 Å². The zero-order chi connectivity index (χ0) is 6.91. The zero-order valence-corrected chi connectivity index (χ0v) is 6.15. The lowest BCUT2D eigenvalue weighted by Crippen LogP contribution is -2.12. The molecular formula is C5H10O3S. The van der Waals surface area contributed by atoms with E-state index in [9.17, 15) is 8.42 Å². The average Bonchev–Trinajstić information content (AvgIpc) is 2.50. The first-order chi connectivity index (χ1) is 4.14. The van der Waals surface area contributed by atoms with Crippen LogP contribution in [0.3, 0.4) is 0 Å². The van der Waals surface area contributed by atoms with Crippen molar-refractivity contribution in [2.24, 2.45) is 0 Å². The van der Waals surface area contributed by atoms with E-state index in [2.05, 4.69) is 0 Å². The van der Waals surface area contributed by atoms with Gasteiger partial charge in [0.2, 0.25) is 0 Å². The molecule has 9 heavy (non-hydrogen) atoms. The van der Waals surface area contributed by atoms with Gasteiger partial charge in [0, 0.05) is 5.75 Å². The monoisotopic (exact) mass is 150 g/mol. The van der Waals surface area contributed by atoms with E-state index in [0.29, 0.717) is 6.61 Å². The summed E-state index contributed by atoms with van der Waals surface area (Å²) >= 11 is 0. The molecule has 0 aromatic heterocycles.